The average Bonchev–Trinajstić information content (AvgIpc) is 2.86. The van der Waals surface area contributed by atoms with Crippen molar-refractivity contribution in [2.75, 3.05) is 26.8 Å². The van der Waals surface area contributed by atoms with Crippen LogP contribution in [0.4, 0.5) is 0 Å². The van der Waals surface area contributed by atoms with Crippen LogP contribution in [0.25, 0.3) is 0 Å². The van der Waals surface area contributed by atoms with Crippen molar-refractivity contribution in [1.82, 2.24) is 19.7 Å². The number of morpholine rings is 1. The molecule has 7 heteroatoms. The molecule has 1 saturated heterocycles. The van der Waals surface area contributed by atoms with Crippen LogP contribution in [0.2, 0.25) is 0 Å². The van der Waals surface area contributed by atoms with Crippen LogP contribution >= 0.6 is 0 Å². The monoisotopic (exact) mass is 268 g/mol. The lowest BCUT2D eigenvalue weighted by Crippen LogP contribution is -2.47. The van der Waals surface area contributed by atoms with Gasteiger partial charge in [0, 0.05) is 19.1 Å². The maximum atomic E-state index is 11.3. The molecule has 2 heterocycles. The molecule has 19 heavy (non-hydrogen) atoms. The Kier molecular flexibility index (Phi) is 4.49. The van der Waals surface area contributed by atoms with Crippen LogP contribution in [0.1, 0.15) is 24.5 Å². The van der Waals surface area contributed by atoms with E-state index in [-0.39, 0.29) is 11.9 Å². The molecule has 0 aromatic carbocycles. The van der Waals surface area contributed by atoms with Crippen LogP contribution in [-0.4, -0.2) is 64.6 Å². The number of hydrogen-bond acceptors (Lipinski definition) is 6. The highest BCUT2D eigenvalue weighted by molar-refractivity contribution is 5.84. The minimum atomic E-state index is -0.521. The summed E-state index contributed by atoms with van der Waals surface area (Å²) in [6.45, 7) is 7.49. The van der Waals surface area contributed by atoms with Gasteiger partial charge in [-0.2, -0.15) is 0 Å². The second kappa shape index (κ2) is 6.12. The quantitative estimate of drug-likeness (QED) is 0.725. The number of nitrogens with zero attached hydrogens (tertiary/aromatic N) is 4. The van der Waals surface area contributed by atoms with Gasteiger partial charge in [0.05, 0.1) is 26.4 Å². The molecule has 1 aliphatic rings. The van der Waals surface area contributed by atoms with Gasteiger partial charge in [-0.1, -0.05) is 0 Å². The molecule has 1 unspecified atom stereocenters. The third-order valence-corrected chi connectivity index (χ3v) is 3.20. The Morgan fingerprint density at radius 2 is 2.42 bits per heavy atom. The van der Waals surface area contributed by atoms with E-state index in [1.807, 2.05) is 0 Å². The van der Waals surface area contributed by atoms with E-state index in [1.54, 1.807) is 4.68 Å². The van der Waals surface area contributed by atoms with Crippen molar-refractivity contribution in [2.24, 2.45) is 0 Å². The van der Waals surface area contributed by atoms with Crippen LogP contribution < -0.4 is 0 Å². The summed E-state index contributed by atoms with van der Waals surface area (Å²) < 4.78 is 11.9. The van der Waals surface area contributed by atoms with Crippen LogP contribution in [0.15, 0.2) is 6.33 Å². The summed E-state index contributed by atoms with van der Waals surface area (Å²) >= 11 is 0. The molecule has 1 aliphatic heterocycles. The fourth-order valence-corrected chi connectivity index (χ4v) is 2.10. The van der Waals surface area contributed by atoms with Gasteiger partial charge in [-0.15, -0.1) is 5.10 Å². The minimum absolute atomic E-state index is 0.0725. The van der Waals surface area contributed by atoms with E-state index < -0.39 is 5.97 Å². The average molecular weight is 268 g/mol. The van der Waals surface area contributed by atoms with Gasteiger partial charge in [-0.05, 0) is 13.8 Å². The lowest BCUT2D eigenvalue weighted by atomic mass is 10.2. The molecule has 106 valence electrons. The standard InChI is InChI=1S/C12H20N4O3/c1-9(2)15-4-5-19-10(6-15)7-16-8-13-11(14-16)12(17)18-3/h8-10H,4-7H2,1-3H3. The Bertz CT molecular complexity index is 432. The molecule has 2 rings (SSSR count). The summed E-state index contributed by atoms with van der Waals surface area (Å²) in [5.41, 5.74) is 0. The summed E-state index contributed by atoms with van der Waals surface area (Å²) in [4.78, 5) is 17.5. The van der Waals surface area contributed by atoms with Crippen LogP contribution in [0.5, 0.6) is 0 Å². The smallest absolute Gasteiger partial charge is 0.377 e. The van der Waals surface area contributed by atoms with Gasteiger partial charge in [0.25, 0.3) is 5.82 Å². The van der Waals surface area contributed by atoms with Gasteiger partial charge in [-0.25, -0.2) is 14.5 Å². The van der Waals surface area contributed by atoms with Crippen molar-refractivity contribution in [1.29, 1.82) is 0 Å². The lowest BCUT2D eigenvalue weighted by molar-refractivity contribution is -0.0470. The number of rotatable bonds is 4. The summed E-state index contributed by atoms with van der Waals surface area (Å²) in [5, 5.41) is 4.08. The highest BCUT2D eigenvalue weighted by Crippen LogP contribution is 2.10. The molecule has 1 atom stereocenters. The van der Waals surface area contributed by atoms with Gasteiger partial charge in [0.15, 0.2) is 0 Å². The first-order valence-corrected chi connectivity index (χ1v) is 6.43. The molecule has 0 spiro atoms. The Morgan fingerprint density at radius 3 is 3.11 bits per heavy atom. The van der Waals surface area contributed by atoms with E-state index in [0.29, 0.717) is 12.6 Å². The molecule has 0 amide bonds. The summed E-state index contributed by atoms with van der Waals surface area (Å²) in [7, 11) is 1.31. The van der Waals surface area contributed by atoms with E-state index in [2.05, 4.69) is 33.6 Å². The van der Waals surface area contributed by atoms with Gasteiger partial charge in [-0.3, -0.25) is 4.90 Å². The molecule has 0 N–H and O–H groups in total. The molecule has 1 fully saturated rings. The van der Waals surface area contributed by atoms with Gasteiger partial charge in [0.1, 0.15) is 6.33 Å². The molecular weight excluding hydrogens is 248 g/mol. The second-order valence-corrected chi connectivity index (χ2v) is 4.86. The third-order valence-electron chi connectivity index (χ3n) is 3.20. The van der Waals surface area contributed by atoms with Crippen molar-refractivity contribution < 1.29 is 14.3 Å². The summed E-state index contributed by atoms with van der Waals surface area (Å²) in [6, 6.07) is 0.507. The zero-order valence-electron chi connectivity index (χ0n) is 11.6. The minimum Gasteiger partial charge on any atom is -0.463 e. The Labute approximate surface area is 112 Å². The zero-order valence-corrected chi connectivity index (χ0v) is 11.6. The van der Waals surface area contributed by atoms with Crippen molar-refractivity contribution in [3.05, 3.63) is 12.2 Å². The van der Waals surface area contributed by atoms with Gasteiger partial charge >= 0.3 is 5.97 Å². The molecular formula is C12H20N4O3. The number of ether oxygens (including phenoxy) is 2. The van der Waals surface area contributed by atoms with E-state index in [4.69, 9.17) is 4.74 Å². The van der Waals surface area contributed by atoms with Crippen molar-refractivity contribution in [3.8, 4) is 0 Å². The van der Waals surface area contributed by atoms with Gasteiger partial charge < -0.3 is 9.47 Å². The van der Waals surface area contributed by atoms with E-state index >= 15 is 0 Å². The largest absolute Gasteiger partial charge is 0.463 e. The SMILES string of the molecule is COC(=O)c1ncn(CC2CN(C(C)C)CCO2)n1. The number of methoxy groups -OCH3 is 1. The molecule has 7 nitrogen and oxygen atoms in total. The van der Waals surface area contributed by atoms with Gasteiger partial charge in [0.2, 0.25) is 0 Å². The first kappa shape index (κ1) is 14.0. The molecule has 0 saturated carbocycles. The summed E-state index contributed by atoms with van der Waals surface area (Å²) in [5.74, 6) is -0.439. The van der Waals surface area contributed by atoms with Crippen LogP contribution in [0.3, 0.4) is 0 Å². The maximum Gasteiger partial charge on any atom is 0.377 e. The van der Waals surface area contributed by atoms with Crippen molar-refractivity contribution in [2.45, 2.75) is 32.5 Å². The lowest BCUT2D eigenvalue weighted by Gasteiger charge is -2.35. The molecule has 0 radical (unpaired) electrons. The Hall–Kier alpha value is -1.47. The first-order chi connectivity index (χ1) is 9.10. The predicted molar refractivity (Wildman–Crippen MR) is 67.8 cm³/mol. The Balaban J connectivity index is 1.93. The topological polar surface area (TPSA) is 69.5 Å². The van der Waals surface area contributed by atoms with E-state index in [1.165, 1.54) is 13.4 Å². The third kappa shape index (κ3) is 3.51. The number of esters is 1. The summed E-state index contributed by atoms with van der Waals surface area (Å²) in [6.07, 6.45) is 1.60. The van der Waals surface area contributed by atoms with E-state index in [0.717, 1.165) is 19.7 Å². The number of carbonyl (C=O) groups is 1. The molecule has 1 aromatic rings. The molecule has 0 aliphatic carbocycles. The van der Waals surface area contributed by atoms with Crippen molar-refractivity contribution >= 4 is 5.97 Å². The fraction of sp³-hybridized carbons (Fsp3) is 0.750. The molecule has 0 bridgehead atoms. The van der Waals surface area contributed by atoms with E-state index in [9.17, 15) is 4.79 Å². The molecule has 1 aromatic heterocycles. The first-order valence-electron chi connectivity index (χ1n) is 6.43. The normalized spacial score (nSPS) is 20.7. The highest BCUT2D eigenvalue weighted by atomic mass is 16.5. The number of aromatic nitrogens is 3. The fourth-order valence-electron chi connectivity index (χ4n) is 2.10. The van der Waals surface area contributed by atoms with Crippen LogP contribution in [0, 0.1) is 0 Å². The predicted octanol–water partition coefficient (Wildman–Crippen LogP) is 0.174. The number of carbonyl (C=O) groups excluding carboxylic acids is 1. The van der Waals surface area contributed by atoms with Crippen LogP contribution in [-0.2, 0) is 16.0 Å². The maximum absolute atomic E-state index is 11.3. The number of hydrogen-bond donors (Lipinski definition) is 0. The second-order valence-electron chi connectivity index (χ2n) is 4.86. The highest BCUT2D eigenvalue weighted by Gasteiger charge is 2.23. The zero-order chi connectivity index (χ0) is 13.8. The van der Waals surface area contributed by atoms with Crippen molar-refractivity contribution in [3.63, 3.8) is 0 Å². The Morgan fingerprint density at radius 1 is 1.63 bits per heavy atom.